The molecule has 2 aliphatic rings. The molecule has 1 fully saturated rings. The summed E-state index contributed by atoms with van der Waals surface area (Å²) >= 11 is 0. The molecule has 21 heavy (non-hydrogen) atoms. The first-order chi connectivity index (χ1) is 9.80. The average Bonchev–Trinajstić information content (AvgIpc) is 3.07. The van der Waals surface area contributed by atoms with E-state index in [1.165, 1.54) is 16.4 Å². The third-order valence-electron chi connectivity index (χ3n) is 4.26. The van der Waals surface area contributed by atoms with Gasteiger partial charge in [-0.25, -0.2) is 22.0 Å². The Balaban J connectivity index is 1.98. The van der Waals surface area contributed by atoms with Crippen LogP contribution in [0.15, 0.2) is 23.1 Å². The topological polar surface area (TPSA) is 97.5 Å². The zero-order valence-corrected chi connectivity index (χ0v) is 13.2. The second kappa shape index (κ2) is 4.96. The fraction of sp³-hybridized carbons (Fsp3) is 0.538. The van der Waals surface area contributed by atoms with Gasteiger partial charge < -0.3 is 0 Å². The van der Waals surface area contributed by atoms with Gasteiger partial charge in [-0.2, -0.15) is 0 Å². The number of fused-ring (bicyclic) bond motifs is 1. The van der Waals surface area contributed by atoms with Crippen LogP contribution >= 0.6 is 0 Å². The first-order valence-corrected chi connectivity index (χ1v) is 10.0. The Labute approximate surface area is 125 Å². The van der Waals surface area contributed by atoms with Crippen molar-refractivity contribution in [2.75, 3.05) is 10.8 Å². The molecule has 0 amide bonds. The van der Waals surface area contributed by atoms with Gasteiger partial charge in [0.15, 0.2) is 0 Å². The number of rotatable bonds is 3. The van der Waals surface area contributed by atoms with Gasteiger partial charge in [-0.1, -0.05) is 12.8 Å². The maximum atomic E-state index is 12.7. The highest BCUT2D eigenvalue weighted by Crippen LogP contribution is 2.36. The van der Waals surface area contributed by atoms with E-state index in [1.807, 2.05) is 0 Å². The second-order valence-corrected chi connectivity index (χ2v) is 9.31. The van der Waals surface area contributed by atoms with Gasteiger partial charge in [-0.15, -0.1) is 0 Å². The van der Waals surface area contributed by atoms with Gasteiger partial charge in [0, 0.05) is 6.54 Å². The van der Waals surface area contributed by atoms with Crippen LogP contribution in [-0.2, 0) is 26.5 Å². The molecule has 0 atom stereocenters. The van der Waals surface area contributed by atoms with Gasteiger partial charge in [-0.05, 0) is 43.0 Å². The molecular formula is C13H18N2O4S2. The number of hydrogen-bond donors (Lipinski definition) is 1. The average molecular weight is 330 g/mol. The normalized spacial score (nSPS) is 20.0. The molecular weight excluding hydrogens is 312 g/mol. The Morgan fingerprint density at radius 2 is 1.76 bits per heavy atom. The third kappa shape index (κ3) is 2.56. The zero-order chi connectivity index (χ0) is 15.3. The molecule has 0 unspecified atom stereocenters. The summed E-state index contributed by atoms with van der Waals surface area (Å²) in [5.74, 6) is 0. The highest BCUT2D eigenvalue weighted by Gasteiger charge is 2.37. The molecule has 0 bridgehead atoms. The fourth-order valence-electron chi connectivity index (χ4n) is 3.16. The minimum absolute atomic E-state index is 0.0290. The summed E-state index contributed by atoms with van der Waals surface area (Å²) in [6.07, 6.45) is 3.85. The summed E-state index contributed by atoms with van der Waals surface area (Å²) in [6.45, 7) is 0.377. The lowest BCUT2D eigenvalue weighted by Gasteiger charge is -2.23. The Hall–Kier alpha value is -1.12. The standard InChI is InChI=1S/C13H18N2O4S2/c14-20(16,17)12-5-6-13-10(9-12)7-8-15(13)21(18,19)11-3-1-2-4-11/h5-6,9,11H,1-4,7-8H2,(H2,14,16,17). The predicted octanol–water partition coefficient (Wildman–Crippen LogP) is 0.969. The van der Waals surface area contributed by atoms with E-state index in [2.05, 4.69) is 0 Å². The molecule has 6 nitrogen and oxygen atoms in total. The van der Waals surface area contributed by atoms with Gasteiger partial charge in [0.05, 0.1) is 15.8 Å². The van der Waals surface area contributed by atoms with Crippen molar-refractivity contribution < 1.29 is 16.8 Å². The van der Waals surface area contributed by atoms with Crippen LogP contribution < -0.4 is 9.44 Å². The second-order valence-electron chi connectivity index (χ2n) is 5.61. The molecule has 1 heterocycles. The van der Waals surface area contributed by atoms with Crippen molar-refractivity contribution in [3.8, 4) is 0 Å². The van der Waals surface area contributed by atoms with Crippen LogP contribution in [0.1, 0.15) is 31.2 Å². The Bertz CT molecular complexity index is 765. The minimum atomic E-state index is -3.76. The molecule has 0 radical (unpaired) electrons. The van der Waals surface area contributed by atoms with Crippen molar-refractivity contribution in [3.63, 3.8) is 0 Å². The molecule has 116 valence electrons. The number of hydrogen-bond acceptors (Lipinski definition) is 4. The lowest BCUT2D eigenvalue weighted by atomic mass is 10.2. The van der Waals surface area contributed by atoms with Crippen molar-refractivity contribution in [2.45, 2.75) is 42.2 Å². The van der Waals surface area contributed by atoms with E-state index in [4.69, 9.17) is 5.14 Å². The molecule has 1 aliphatic heterocycles. The molecule has 1 saturated carbocycles. The molecule has 0 aromatic heterocycles. The third-order valence-corrected chi connectivity index (χ3v) is 7.48. The first-order valence-electron chi connectivity index (χ1n) is 6.97. The largest absolute Gasteiger partial charge is 0.269 e. The van der Waals surface area contributed by atoms with E-state index in [1.54, 1.807) is 6.07 Å². The quantitative estimate of drug-likeness (QED) is 0.893. The highest BCUT2D eigenvalue weighted by atomic mass is 32.2. The monoisotopic (exact) mass is 330 g/mol. The summed E-state index contributed by atoms with van der Waals surface area (Å²) in [6, 6.07) is 4.40. The van der Waals surface area contributed by atoms with Crippen LogP contribution in [0.3, 0.4) is 0 Å². The van der Waals surface area contributed by atoms with E-state index >= 15 is 0 Å². The Kier molecular flexibility index (Phi) is 3.50. The lowest BCUT2D eigenvalue weighted by molar-refractivity contribution is 0.575. The number of nitrogens with two attached hydrogens (primary N) is 1. The Morgan fingerprint density at radius 3 is 2.38 bits per heavy atom. The van der Waals surface area contributed by atoms with Crippen LogP contribution in [0.5, 0.6) is 0 Å². The van der Waals surface area contributed by atoms with Crippen LogP contribution in [0.2, 0.25) is 0 Å². The van der Waals surface area contributed by atoms with Crippen molar-refractivity contribution in [1.29, 1.82) is 0 Å². The molecule has 1 aliphatic carbocycles. The maximum absolute atomic E-state index is 12.7. The van der Waals surface area contributed by atoms with Crippen LogP contribution in [-0.4, -0.2) is 28.6 Å². The minimum Gasteiger partial charge on any atom is -0.269 e. The Morgan fingerprint density at radius 1 is 1.10 bits per heavy atom. The molecule has 1 aromatic carbocycles. The van der Waals surface area contributed by atoms with Gasteiger partial charge in [0.25, 0.3) is 0 Å². The van der Waals surface area contributed by atoms with Gasteiger partial charge in [-0.3, -0.25) is 4.31 Å². The van der Waals surface area contributed by atoms with E-state index < -0.39 is 20.0 Å². The first kappa shape index (κ1) is 14.8. The van der Waals surface area contributed by atoms with E-state index in [0.717, 1.165) is 18.4 Å². The number of benzene rings is 1. The molecule has 1 aromatic rings. The van der Waals surface area contributed by atoms with Crippen LogP contribution in [0.4, 0.5) is 5.69 Å². The molecule has 8 heteroatoms. The summed E-state index contributed by atoms with van der Waals surface area (Å²) in [7, 11) is -7.11. The van der Waals surface area contributed by atoms with Gasteiger partial charge in [0.1, 0.15) is 0 Å². The number of primary sulfonamides is 1. The lowest BCUT2D eigenvalue weighted by Crippen LogP contribution is -2.36. The van der Waals surface area contributed by atoms with Crippen LogP contribution in [0.25, 0.3) is 0 Å². The molecule has 0 spiro atoms. The summed E-state index contributed by atoms with van der Waals surface area (Å²) in [5, 5.41) is 4.81. The summed E-state index contributed by atoms with van der Waals surface area (Å²) in [5.41, 5.74) is 1.32. The van der Waals surface area contributed by atoms with Gasteiger partial charge >= 0.3 is 0 Å². The zero-order valence-electron chi connectivity index (χ0n) is 11.5. The van der Waals surface area contributed by atoms with E-state index in [9.17, 15) is 16.8 Å². The number of nitrogens with zero attached hydrogens (tertiary/aromatic N) is 1. The van der Waals surface area contributed by atoms with Crippen molar-refractivity contribution in [2.24, 2.45) is 5.14 Å². The van der Waals surface area contributed by atoms with Crippen LogP contribution in [0, 0.1) is 0 Å². The maximum Gasteiger partial charge on any atom is 0.238 e. The van der Waals surface area contributed by atoms with Gasteiger partial charge in [0.2, 0.25) is 20.0 Å². The van der Waals surface area contributed by atoms with E-state index in [0.29, 0.717) is 31.5 Å². The molecule has 0 saturated heterocycles. The predicted molar refractivity (Wildman–Crippen MR) is 80.0 cm³/mol. The van der Waals surface area contributed by atoms with Crippen molar-refractivity contribution >= 4 is 25.7 Å². The smallest absolute Gasteiger partial charge is 0.238 e. The summed E-state index contributed by atoms with van der Waals surface area (Å²) in [4.78, 5) is 0.0290. The van der Waals surface area contributed by atoms with Crippen molar-refractivity contribution in [3.05, 3.63) is 23.8 Å². The highest BCUT2D eigenvalue weighted by molar-refractivity contribution is 7.93. The SMILES string of the molecule is NS(=O)(=O)c1ccc2c(c1)CCN2S(=O)(=O)C1CCCC1. The number of anilines is 1. The number of sulfonamides is 2. The fourth-order valence-corrected chi connectivity index (χ4v) is 5.81. The summed E-state index contributed by atoms with van der Waals surface area (Å²) < 4.78 is 49.5. The molecule has 3 rings (SSSR count). The van der Waals surface area contributed by atoms with Crippen molar-refractivity contribution in [1.82, 2.24) is 0 Å². The van der Waals surface area contributed by atoms with E-state index in [-0.39, 0.29) is 10.1 Å². The molecule has 2 N–H and O–H groups in total.